The van der Waals surface area contributed by atoms with E-state index in [1.807, 2.05) is 0 Å². The second-order valence-electron chi connectivity index (χ2n) is 3.42. The summed E-state index contributed by atoms with van der Waals surface area (Å²) in [6.07, 6.45) is -0.726. The molecule has 0 aliphatic heterocycles. The van der Waals surface area contributed by atoms with E-state index in [-0.39, 0.29) is 9.34 Å². The maximum atomic E-state index is 11.9. The maximum Gasteiger partial charge on any atom is 0.273 e. The lowest BCUT2D eigenvalue weighted by atomic mass is 10.3. The summed E-state index contributed by atoms with van der Waals surface area (Å²) >= 11 is 7.78. The Morgan fingerprint density at radius 3 is 2.72 bits per heavy atom. The van der Waals surface area contributed by atoms with Crippen LogP contribution in [0.25, 0.3) is 0 Å². The average molecular weight is 325 g/mol. The second-order valence-corrected chi connectivity index (χ2v) is 7.90. The van der Waals surface area contributed by atoms with Crippen molar-refractivity contribution in [2.24, 2.45) is 0 Å². The van der Waals surface area contributed by atoms with Crippen LogP contribution in [0, 0.1) is 0 Å². The molecule has 0 aliphatic carbocycles. The van der Waals surface area contributed by atoms with Gasteiger partial charge in [0.05, 0.1) is 16.1 Å². The molecule has 0 amide bonds. The topological polar surface area (TPSA) is 79.3 Å². The van der Waals surface area contributed by atoms with Crippen LogP contribution in [0.15, 0.2) is 21.7 Å². The van der Waals surface area contributed by atoms with Crippen molar-refractivity contribution in [3.8, 4) is 0 Å². The second kappa shape index (κ2) is 5.14. The van der Waals surface area contributed by atoms with Crippen molar-refractivity contribution in [3.05, 3.63) is 27.5 Å². The van der Waals surface area contributed by atoms with Gasteiger partial charge in [0.25, 0.3) is 10.0 Å². The lowest BCUT2D eigenvalue weighted by molar-refractivity contribution is 0.195. The zero-order chi connectivity index (χ0) is 13.3. The molecule has 98 valence electrons. The molecule has 2 heterocycles. The smallest absolute Gasteiger partial charge is 0.273 e. The van der Waals surface area contributed by atoms with E-state index in [1.165, 1.54) is 12.1 Å². The molecule has 18 heavy (non-hydrogen) atoms. The summed E-state index contributed by atoms with van der Waals surface area (Å²) in [6.45, 7) is 1.56. The van der Waals surface area contributed by atoms with Gasteiger partial charge in [-0.2, -0.15) is 0 Å². The summed E-state index contributed by atoms with van der Waals surface area (Å²) in [7, 11) is -3.65. The quantitative estimate of drug-likeness (QED) is 0.906. The SMILES string of the molecule is CC(O)c1csc(NS(=O)(=O)c2ccc(Cl)s2)n1. The summed E-state index contributed by atoms with van der Waals surface area (Å²) in [5.41, 5.74) is 0.432. The number of aliphatic hydroxyl groups is 1. The van der Waals surface area contributed by atoms with Crippen LogP contribution >= 0.6 is 34.3 Å². The van der Waals surface area contributed by atoms with Crippen molar-refractivity contribution in [3.63, 3.8) is 0 Å². The van der Waals surface area contributed by atoms with E-state index in [0.29, 0.717) is 10.0 Å². The molecular weight excluding hydrogens is 316 g/mol. The van der Waals surface area contributed by atoms with E-state index in [4.69, 9.17) is 11.6 Å². The Bertz CT molecular complexity index is 648. The number of rotatable bonds is 4. The van der Waals surface area contributed by atoms with Crippen LogP contribution in [-0.4, -0.2) is 18.5 Å². The highest BCUT2D eigenvalue weighted by molar-refractivity contribution is 7.94. The number of thiazole rings is 1. The molecule has 0 aliphatic rings. The summed E-state index contributed by atoms with van der Waals surface area (Å²) in [4.78, 5) is 3.98. The molecule has 2 rings (SSSR count). The lowest BCUT2D eigenvalue weighted by Gasteiger charge is -2.02. The van der Waals surface area contributed by atoms with Crippen molar-refractivity contribution >= 4 is 49.4 Å². The number of sulfonamides is 1. The minimum Gasteiger partial charge on any atom is -0.387 e. The molecule has 2 aromatic heterocycles. The van der Waals surface area contributed by atoms with Crippen LogP contribution in [0.2, 0.25) is 4.34 Å². The molecule has 0 aromatic carbocycles. The largest absolute Gasteiger partial charge is 0.387 e. The summed E-state index contributed by atoms with van der Waals surface area (Å²) < 4.78 is 26.7. The molecule has 0 radical (unpaired) electrons. The van der Waals surface area contributed by atoms with Gasteiger partial charge in [0.15, 0.2) is 5.13 Å². The molecule has 9 heteroatoms. The molecule has 1 atom stereocenters. The molecule has 2 aromatic rings. The molecule has 0 saturated heterocycles. The first-order valence-electron chi connectivity index (χ1n) is 4.80. The number of thiophene rings is 1. The zero-order valence-corrected chi connectivity index (χ0v) is 12.3. The Labute approximate surface area is 117 Å². The van der Waals surface area contributed by atoms with E-state index in [2.05, 4.69) is 9.71 Å². The number of aromatic nitrogens is 1. The highest BCUT2D eigenvalue weighted by atomic mass is 35.5. The predicted molar refractivity (Wildman–Crippen MR) is 72.9 cm³/mol. The van der Waals surface area contributed by atoms with Gasteiger partial charge in [0.2, 0.25) is 0 Å². The fraction of sp³-hybridized carbons (Fsp3) is 0.222. The van der Waals surface area contributed by atoms with Crippen LogP contribution in [0.5, 0.6) is 0 Å². The first-order chi connectivity index (χ1) is 8.38. The molecule has 0 bridgehead atoms. The normalized spacial score (nSPS) is 13.5. The predicted octanol–water partition coefficient (Wildman–Crippen LogP) is 2.71. The molecule has 0 fully saturated rings. The van der Waals surface area contributed by atoms with E-state index in [0.717, 1.165) is 22.7 Å². The Balaban J connectivity index is 2.22. The summed E-state index contributed by atoms with van der Waals surface area (Å²) in [5, 5.41) is 11.1. The van der Waals surface area contributed by atoms with Gasteiger partial charge in [-0.1, -0.05) is 11.6 Å². The van der Waals surface area contributed by atoms with Crippen LogP contribution in [-0.2, 0) is 10.0 Å². The van der Waals surface area contributed by atoms with Gasteiger partial charge in [-0.15, -0.1) is 22.7 Å². The van der Waals surface area contributed by atoms with Gasteiger partial charge in [-0.3, -0.25) is 4.72 Å². The van der Waals surface area contributed by atoms with Crippen LogP contribution in [0.4, 0.5) is 5.13 Å². The van der Waals surface area contributed by atoms with Gasteiger partial charge < -0.3 is 5.11 Å². The van der Waals surface area contributed by atoms with Crippen molar-refractivity contribution < 1.29 is 13.5 Å². The highest BCUT2D eigenvalue weighted by Gasteiger charge is 2.18. The third-order valence-electron chi connectivity index (χ3n) is 1.99. The highest BCUT2D eigenvalue weighted by Crippen LogP contribution is 2.28. The van der Waals surface area contributed by atoms with Gasteiger partial charge >= 0.3 is 0 Å². The van der Waals surface area contributed by atoms with Gasteiger partial charge in [-0.25, -0.2) is 13.4 Å². The van der Waals surface area contributed by atoms with Crippen LogP contribution in [0.3, 0.4) is 0 Å². The maximum absolute atomic E-state index is 11.9. The molecule has 0 spiro atoms. The molecule has 0 saturated carbocycles. The third-order valence-corrected chi connectivity index (χ3v) is 5.95. The Morgan fingerprint density at radius 2 is 2.22 bits per heavy atom. The van der Waals surface area contributed by atoms with Crippen molar-refractivity contribution in [1.29, 1.82) is 0 Å². The van der Waals surface area contributed by atoms with Crippen molar-refractivity contribution in [1.82, 2.24) is 4.98 Å². The van der Waals surface area contributed by atoms with E-state index in [9.17, 15) is 13.5 Å². The molecular formula is C9H9ClN2O3S3. The monoisotopic (exact) mass is 324 g/mol. The molecule has 5 nitrogen and oxygen atoms in total. The van der Waals surface area contributed by atoms with Crippen molar-refractivity contribution in [2.75, 3.05) is 4.72 Å². The van der Waals surface area contributed by atoms with E-state index < -0.39 is 16.1 Å². The Kier molecular flexibility index (Phi) is 3.93. The minimum atomic E-state index is -3.65. The Morgan fingerprint density at radius 1 is 1.50 bits per heavy atom. The van der Waals surface area contributed by atoms with Crippen molar-refractivity contribution in [2.45, 2.75) is 17.2 Å². The Hall–Kier alpha value is -0.670. The zero-order valence-electron chi connectivity index (χ0n) is 9.12. The lowest BCUT2D eigenvalue weighted by Crippen LogP contribution is -2.11. The number of hydrogen-bond acceptors (Lipinski definition) is 6. The fourth-order valence-electron chi connectivity index (χ4n) is 1.13. The number of halogens is 1. The first kappa shape index (κ1) is 13.8. The summed E-state index contributed by atoms with van der Waals surface area (Å²) in [5.74, 6) is 0. The third kappa shape index (κ3) is 3.01. The average Bonchev–Trinajstić information content (AvgIpc) is 2.86. The van der Waals surface area contributed by atoms with Crippen LogP contribution in [0.1, 0.15) is 18.7 Å². The standard InChI is InChI=1S/C9H9ClN2O3S3/c1-5(13)6-4-16-9(11-6)12-18(14,15)8-3-2-7(10)17-8/h2-5,13H,1H3,(H,11,12). The summed E-state index contributed by atoms with van der Waals surface area (Å²) in [6, 6.07) is 2.95. The van der Waals surface area contributed by atoms with E-state index in [1.54, 1.807) is 12.3 Å². The number of aliphatic hydroxyl groups excluding tert-OH is 1. The number of nitrogens with zero attached hydrogens (tertiary/aromatic N) is 1. The number of hydrogen-bond donors (Lipinski definition) is 2. The fourth-order valence-corrected chi connectivity index (χ4v) is 4.66. The first-order valence-corrected chi connectivity index (χ1v) is 8.36. The van der Waals surface area contributed by atoms with Gasteiger partial charge in [0.1, 0.15) is 4.21 Å². The number of anilines is 1. The minimum absolute atomic E-state index is 0.126. The van der Waals surface area contributed by atoms with Gasteiger partial charge in [0, 0.05) is 5.38 Å². The molecule has 1 unspecified atom stereocenters. The van der Waals surface area contributed by atoms with Crippen LogP contribution < -0.4 is 4.72 Å². The number of nitrogens with one attached hydrogen (secondary N) is 1. The van der Waals surface area contributed by atoms with Gasteiger partial charge in [-0.05, 0) is 19.1 Å². The van der Waals surface area contributed by atoms with E-state index >= 15 is 0 Å². The molecule has 2 N–H and O–H groups in total.